The maximum atomic E-state index is 5.96. The molecule has 1 aliphatic rings. The number of halogens is 1. The minimum Gasteiger partial charge on any atom is -0.350 e. The Balaban J connectivity index is 1.80. The third-order valence-electron chi connectivity index (χ3n) is 3.97. The van der Waals surface area contributed by atoms with Crippen molar-refractivity contribution < 1.29 is 0 Å². The van der Waals surface area contributed by atoms with E-state index in [2.05, 4.69) is 22.3 Å². The SMILES string of the molecule is CC1CCCCCC1Nc1nc2ccc(Cl)cn2n1. The van der Waals surface area contributed by atoms with Crippen LogP contribution in [0.3, 0.4) is 0 Å². The number of nitrogens with one attached hydrogen (secondary N) is 1. The lowest BCUT2D eigenvalue weighted by molar-refractivity contribution is 0.454. The number of hydrogen-bond acceptors (Lipinski definition) is 3. The molecule has 0 bridgehead atoms. The zero-order valence-corrected chi connectivity index (χ0v) is 11.9. The van der Waals surface area contributed by atoms with Gasteiger partial charge in [-0.2, -0.15) is 4.98 Å². The summed E-state index contributed by atoms with van der Waals surface area (Å²) in [5.41, 5.74) is 0.827. The average molecular weight is 279 g/mol. The van der Waals surface area contributed by atoms with E-state index >= 15 is 0 Å². The normalized spacial score (nSPS) is 24.3. The average Bonchev–Trinajstić information content (AvgIpc) is 2.66. The second kappa shape index (κ2) is 5.37. The molecule has 0 spiro atoms. The topological polar surface area (TPSA) is 42.2 Å². The molecule has 102 valence electrons. The van der Waals surface area contributed by atoms with Crippen molar-refractivity contribution in [3.05, 3.63) is 23.4 Å². The first-order valence-corrected chi connectivity index (χ1v) is 7.38. The van der Waals surface area contributed by atoms with Gasteiger partial charge in [0.1, 0.15) is 0 Å². The molecular weight excluding hydrogens is 260 g/mol. The first-order chi connectivity index (χ1) is 9.22. The Bertz CT molecular complexity index is 566. The minimum absolute atomic E-state index is 0.482. The van der Waals surface area contributed by atoms with Crippen LogP contribution in [-0.4, -0.2) is 20.6 Å². The van der Waals surface area contributed by atoms with Gasteiger partial charge in [-0.15, -0.1) is 5.10 Å². The fourth-order valence-corrected chi connectivity index (χ4v) is 2.95. The van der Waals surface area contributed by atoms with Crippen LogP contribution in [0.15, 0.2) is 18.3 Å². The summed E-state index contributed by atoms with van der Waals surface area (Å²) in [6, 6.07) is 4.20. The summed E-state index contributed by atoms with van der Waals surface area (Å²) in [7, 11) is 0. The number of fused-ring (bicyclic) bond motifs is 1. The van der Waals surface area contributed by atoms with E-state index in [9.17, 15) is 0 Å². The van der Waals surface area contributed by atoms with Gasteiger partial charge >= 0.3 is 0 Å². The highest BCUT2D eigenvalue weighted by Crippen LogP contribution is 2.25. The molecule has 0 aliphatic heterocycles. The van der Waals surface area contributed by atoms with E-state index in [-0.39, 0.29) is 0 Å². The van der Waals surface area contributed by atoms with Gasteiger partial charge in [-0.05, 0) is 30.9 Å². The summed E-state index contributed by atoms with van der Waals surface area (Å²) in [5.74, 6) is 1.39. The molecule has 3 rings (SSSR count). The molecular formula is C14H19ClN4. The quantitative estimate of drug-likeness (QED) is 0.851. The molecule has 2 unspecified atom stereocenters. The Morgan fingerprint density at radius 2 is 2.11 bits per heavy atom. The first kappa shape index (κ1) is 12.7. The highest BCUT2D eigenvalue weighted by molar-refractivity contribution is 6.30. The van der Waals surface area contributed by atoms with Gasteiger partial charge in [0, 0.05) is 12.2 Å². The second-order valence-corrected chi connectivity index (χ2v) is 5.89. The molecule has 5 heteroatoms. The molecule has 1 saturated carbocycles. The monoisotopic (exact) mass is 278 g/mol. The first-order valence-electron chi connectivity index (χ1n) is 7.01. The Morgan fingerprint density at radius 1 is 1.26 bits per heavy atom. The van der Waals surface area contributed by atoms with Gasteiger partial charge in [0.05, 0.1) is 5.02 Å². The summed E-state index contributed by atoms with van der Waals surface area (Å²) in [5, 5.41) is 8.61. The van der Waals surface area contributed by atoms with Crippen molar-refractivity contribution in [3.8, 4) is 0 Å². The third-order valence-corrected chi connectivity index (χ3v) is 4.19. The second-order valence-electron chi connectivity index (χ2n) is 5.45. The number of nitrogens with zero attached hydrogens (tertiary/aromatic N) is 3. The van der Waals surface area contributed by atoms with E-state index in [1.54, 1.807) is 10.7 Å². The molecule has 19 heavy (non-hydrogen) atoms. The van der Waals surface area contributed by atoms with Crippen molar-refractivity contribution in [1.29, 1.82) is 0 Å². The summed E-state index contributed by atoms with van der Waals surface area (Å²) < 4.78 is 1.73. The fraction of sp³-hybridized carbons (Fsp3) is 0.571. The van der Waals surface area contributed by atoms with E-state index in [0.717, 1.165) is 5.65 Å². The van der Waals surface area contributed by atoms with Gasteiger partial charge in [0.15, 0.2) is 5.65 Å². The summed E-state index contributed by atoms with van der Waals surface area (Å²) in [6.45, 7) is 2.32. The maximum absolute atomic E-state index is 5.96. The van der Waals surface area contributed by atoms with Gasteiger partial charge in [0.25, 0.3) is 0 Å². The van der Waals surface area contributed by atoms with Crippen molar-refractivity contribution >= 4 is 23.2 Å². The molecule has 2 atom stereocenters. The Morgan fingerprint density at radius 3 is 3.00 bits per heavy atom. The van der Waals surface area contributed by atoms with Crippen molar-refractivity contribution in [2.75, 3.05) is 5.32 Å². The van der Waals surface area contributed by atoms with E-state index in [0.29, 0.717) is 22.9 Å². The molecule has 0 aromatic carbocycles. The predicted octanol–water partition coefficient (Wildman–Crippen LogP) is 3.76. The van der Waals surface area contributed by atoms with Crippen LogP contribution in [0, 0.1) is 5.92 Å². The molecule has 0 saturated heterocycles. The molecule has 1 N–H and O–H groups in total. The van der Waals surface area contributed by atoms with Gasteiger partial charge < -0.3 is 5.32 Å². The van der Waals surface area contributed by atoms with E-state index in [4.69, 9.17) is 11.6 Å². The third kappa shape index (κ3) is 2.84. The summed E-state index contributed by atoms with van der Waals surface area (Å²) in [6.07, 6.45) is 8.26. The molecule has 2 aromatic heterocycles. The van der Waals surface area contributed by atoms with Crippen molar-refractivity contribution in [1.82, 2.24) is 14.6 Å². The number of pyridine rings is 1. The van der Waals surface area contributed by atoms with Crippen LogP contribution >= 0.6 is 11.6 Å². The van der Waals surface area contributed by atoms with Crippen LogP contribution in [-0.2, 0) is 0 Å². The van der Waals surface area contributed by atoms with Gasteiger partial charge in [-0.3, -0.25) is 0 Å². The Hall–Kier alpha value is -1.29. The van der Waals surface area contributed by atoms with Crippen LogP contribution in [0.2, 0.25) is 5.02 Å². The summed E-state index contributed by atoms with van der Waals surface area (Å²) >= 11 is 5.96. The molecule has 0 radical (unpaired) electrons. The minimum atomic E-state index is 0.482. The van der Waals surface area contributed by atoms with Crippen LogP contribution in [0.1, 0.15) is 39.0 Å². The Kier molecular flexibility index (Phi) is 3.60. The fourth-order valence-electron chi connectivity index (χ4n) is 2.79. The van der Waals surface area contributed by atoms with Gasteiger partial charge in [-0.25, -0.2) is 4.52 Å². The van der Waals surface area contributed by atoms with Crippen LogP contribution in [0.5, 0.6) is 0 Å². The molecule has 2 aromatic rings. The smallest absolute Gasteiger partial charge is 0.243 e. The van der Waals surface area contributed by atoms with E-state index in [1.807, 2.05) is 12.1 Å². The standard InChI is InChI=1S/C14H19ClN4/c1-10-5-3-2-4-6-12(10)16-14-17-13-8-7-11(15)9-19(13)18-14/h7-10,12H,2-6H2,1H3,(H,16,18). The lowest BCUT2D eigenvalue weighted by Crippen LogP contribution is -2.26. The molecule has 4 nitrogen and oxygen atoms in total. The van der Waals surface area contributed by atoms with Gasteiger partial charge in [0.2, 0.25) is 5.95 Å². The van der Waals surface area contributed by atoms with Gasteiger partial charge in [-0.1, -0.05) is 37.8 Å². The van der Waals surface area contributed by atoms with E-state index < -0.39 is 0 Å². The molecule has 2 heterocycles. The maximum Gasteiger partial charge on any atom is 0.243 e. The van der Waals surface area contributed by atoms with Crippen LogP contribution in [0.4, 0.5) is 5.95 Å². The number of aromatic nitrogens is 3. The molecule has 0 amide bonds. The Labute approximate surface area is 118 Å². The number of rotatable bonds is 2. The number of hydrogen-bond donors (Lipinski definition) is 1. The molecule has 1 aliphatic carbocycles. The zero-order valence-electron chi connectivity index (χ0n) is 11.1. The lowest BCUT2D eigenvalue weighted by Gasteiger charge is -2.21. The summed E-state index contributed by atoms with van der Waals surface area (Å²) in [4.78, 5) is 4.50. The van der Waals surface area contributed by atoms with Crippen LogP contribution in [0.25, 0.3) is 5.65 Å². The molecule has 1 fully saturated rings. The van der Waals surface area contributed by atoms with E-state index in [1.165, 1.54) is 32.1 Å². The van der Waals surface area contributed by atoms with Crippen molar-refractivity contribution in [3.63, 3.8) is 0 Å². The van der Waals surface area contributed by atoms with Crippen molar-refractivity contribution in [2.45, 2.75) is 45.1 Å². The number of anilines is 1. The lowest BCUT2D eigenvalue weighted by atomic mass is 9.97. The highest BCUT2D eigenvalue weighted by atomic mass is 35.5. The highest BCUT2D eigenvalue weighted by Gasteiger charge is 2.21. The largest absolute Gasteiger partial charge is 0.350 e. The predicted molar refractivity (Wildman–Crippen MR) is 77.7 cm³/mol. The van der Waals surface area contributed by atoms with Crippen molar-refractivity contribution in [2.24, 2.45) is 5.92 Å². The van der Waals surface area contributed by atoms with Crippen LogP contribution < -0.4 is 5.32 Å². The zero-order chi connectivity index (χ0) is 13.2.